The van der Waals surface area contributed by atoms with E-state index in [2.05, 4.69) is 45.7 Å². The zero-order chi connectivity index (χ0) is 16.9. The number of anilines is 1. The Kier molecular flexibility index (Phi) is 5.38. The topological polar surface area (TPSA) is 36.9 Å². The van der Waals surface area contributed by atoms with Crippen molar-refractivity contribution in [3.05, 3.63) is 64.7 Å². The summed E-state index contributed by atoms with van der Waals surface area (Å²) in [6.07, 6.45) is 0.900. The Hall–Kier alpha value is -2.04. The third kappa shape index (κ3) is 4.28. The summed E-state index contributed by atoms with van der Waals surface area (Å²) in [6.45, 7) is 1.53. The highest BCUT2D eigenvalue weighted by Gasteiger charge is 2.21. The van der Waals surface area contributed by atoms with Crippen LogP contribution in [0.25, 0.3) is 0 Å². The van der Waals surface area contributed by atoms with E-state index in [9.17, 15) is 0 Å². The highest BCUT2D eigenvalue weighted by Crippen LogP contribution is 2.19. The Labute approximate surface area is 148 Å². The molecule has 0 radical (unpaired) electrons. The molecule has 1 aliphatic heterocycles. The quantitative estimate of drug-likeness (QED) is 0.869. The van der Waals surface area contributed by atoms with Crippen LogP contribution in [0.4, 0.5) is 5.69 Å². The summed E-state index contributed by atoms with van der Waals surface area (Å²) < 4.78 is 0. The van der Waals surface area contributed by atoms with Crippen molar-refractivity contribution < 1.29 is 4.84 Å². The van der Waals surface area contributed by atoms with E-state index in [0.29, 0.717) is 0 Å². The molecule has 0 saturated heterocycles. The molecular weight excluding hydrogens is 322 g/mol. The van der Waals surface area contributed by atoms with Crippen LogP contribution in [0.15, 0.2) is 53.7 Å². The summed E-state index contributed by atoms with van der Waals surface area (Å²) in [5.41, 5.74) is 4.48. The van der Waals surface area contributed by atoms with Gasteiger partial charge in [0.05, 0.1) is 5.71 Å². The smallest absolute Gasteiger partial charge is 0.145 e. The Morgan fingerprint density at radius 1 is 1.21 bits per heavy atom. The van der Waals surface area contributed by atoms with E-state index in [-0.39, 0.29) is 6.10 Å². The summed E-state index contributed by atoms with van der Waals surface area (Å²) >= 11 is 5.99. The molecule has 3 rings (SSSR count). The predicted octanol–water partition coefficient (Wildman–Crippen LogP) is 3.69. The lowest BCUT2D eigenvalue weighted by Crippen LogP contribution is -2.26. The molecule has 2 aromatic carbocycles. The molecule has 1 N–H and O–H groups in total. The van der Waals surface area contributed by atoms with Crippen molar-refractivity contribution in [1.82, 2.24) is 5.32 Å². The van der Waals surface area contributed by atoms with Crippen LogP contribution in [0.5, 0.6) is 0 Å². The molecule has 0 spiro atoms. The summed E-state index contributed by atoms with van der Waals surface area (Å²) in [7, 11) is 4.07. The van der Waals surface area contributed by atoms with E-state index in [0.717, 1.165) is 35.8 Å². The normalized spacial score (nSPS) is 16.6. The Morgan fingerprint density at radius 2 is 2.00 bits per heavy atom. The van der Waals surface area contributed by atoms with Gasteiger partial charge in [-0.15, -0.1) is 0 Å². The van der Waals surface area contributed by atoms with Crippen molar-refractivity contribution in [2.24, 2.45) is 5.16 Å². The Balaban J connectivity index is 1.48. The van der Waals surface area contributed by atoms with Crippen LogP contribution in [0, 0.1) is 0 Å². The zero-order valence-corrected chi connectivity index (χ0v) is 14.8. The second kappa shape index (κ2) is 7.69. The highest BCUT2D eigenvalue weighted by molar-refractivity contribution is 6.30. The molecule has 0 unspecified atom stereocenters. The molecule has 24 heavy (non-hydrogen) atoms. The molecular formula is C19H22ClN3O. The molecule has 0 aliphatic carbocycles. The molecule has 2 aromatic rings. The minimum absolute atomic E-state index is 0.0766. The van der Waals surface area contributed by atoms with Gasteiger partial charge in [0, 0.05) is 44.3 Å². The fourth-order valence-corrected chi connectivity index (χ4v) is 2.90. The van der Waals surface area contributed by atoms with Crippen molar-refractivity contribution in [3.63, 3.8) is 0 Å². The number of hydrogen-bond donors (Lipinski definition) is 1. The van der Waals surface area contributed by atoms with E-state index in [4.69, 9.17) is 16.4 Å². The average molecular weight is 344 g/mol. The van der Waals surface area contributed by atoms with Gasteiger partial charge in [-0.1, -0.05) is 41.0 Å². The highest BCUT2D eigenvalue weighted by atomic mass is 35.5. The second-order valence-corrected chi connectivity index (χ2v) is 6.61. The number of rotatable bonds is 6. The monoisotopic (exact) mass is 343 g/mol. The van der Waals surface area contributed by atoms with E-state index >= 15 is 0 Å². The van der Waals surface area contributed by atoms with Gasteiger partial charge in [-0.3, -0.25) is 0 Å². The molecule has 0 saturated carbocycles. The van der Waals surface area contributed by atoms with Gasteiger partial charge in [0.25, 0.3) is 0 Å². The second-order valence-electron chi connectivity index (χ2n) is 6.17. The number of benzene rings is 2. The van der Waals surface area contributed by atoms with Crippen molar-refractivity contribution in [1.29, 1.82) is 0 Å². The van der Waals surface area contributed by atoms with Crippen molar-refractivity contribution in [2.45, 2.75) is 19.1 Å². The molecule has 0 fully saturated rings. The summed E-state index contributed by atoms with van der Waals surface area (Å²) in [5.74, 6) is 0. The first kappa shape index (κ1) is 16.8. The lowest BCUT2D eigenvalue weighted by molar-refractivity contribution is 0.0848. The van der Waals surface area contributed by atoms with Gasteiger partial charge in [-0.25, -0.2) is 0 Å². The molecule has 1 heterocycles. The van der Waals surface area contributed by atoms with E-state index in [1.807, 2.05) is 32.3 Å². The van der Waals surface area contributed by atoms with E-state index < -0.39 is 0 Å². The van der Waals surface area contributed by atoms with Crippen LogP contribution in [0.3, 0.4) is 0 Å². The maximum absolute atomic E-state index is 5.99. The van der Waals surface area contributed by atoms with Gasteiger partial charge in [0.1, 0.15) is 6.10 Å². The molecule has 0 aromatic heterocycles. The fourth-order valence-electron chi connectivity index (χ4n) is 2.68. The van der Waals surface area contributed by atoms with Gasteiger partial charge in [-0.2, -0.15) is 0 Å². The Morgan fingerprint density at radius 3 is 2.71 bits per heavy atom. The van der Waals surface area contributed by atoms with Crippen molar-refractivity contribution >= 4 is 23.0 Å². The summed E-state index contributed by atoms with van der Waals surface area (Å²) in [4.78, 5) is 7.63. The number of nitrogens with zero attached hydrogens (tertiary/aromatic N) is 2. The maximum Gasteiger partial charge on any atom is 0.145 e. The minimum Gasteiger partial charge on any atom is -0.390 e. The molecule has 126 valence electrons. The first-order chi connectivity index (χ1) is 11.6. The van der Waals surface area contributed by atoms with E-state index in [1.54, 1.807) is 0 Å². The summed E-state index contributed by atoms with van der Waals surface area (Å²) in [5, 5.41) is 8.41. The lowest BCUT2D eigenvalue weighted by Gasteiger charge is -2.12. The SMILES string of the molecule is CN(C)c1ccc(C2=NO[C@H](CNCc3cccc(Cl)c3)C2)cc1. The minimum atomic E-state index is 0.0766. The van der Waals surface area contributed by atoms with Crippen LogP contribution in [-0.4, -0.2) is 32.5 Å². The largest absolute Gasteiger partial charge is 0.390 e. The van der Waals surface area contributed by atoms with Gasteiger partial charge >= 0.3 is 0 Å². The fraction of sp³-hybridized carbons (Fsp3) is 0.316. The van der Waals surface area contributed by atoms with Crippen LogP contribution >= 0.6 is 11.6 Å². The molecule has 1 atom stereocenters. The molecule has 5 heteroatoms. The average Bonchev–Trinajstić information content (AvgIpc) is 3.04. The number of oxime groups is 1. The lowest BCUT2D eigenvalue weighted by atomic mass is 10.0. The van der Waals surface area contributed by atoms with Crippen LogP contribution in [-0.2, 0) is 11.4 Å². The molecule has 1 aliphatic rings. The van der Waals surface area contributed by atoms with Gasteiger partial charge in [0.15, 0.2) is 0 Å². The zero-order valence-electron chi connectivity index (χ0n) is 14.0. The van der Waals surface area contributed by atoms with Crippen LogP contribution < -0.4 is 10.2 Å². The summed E-state index contributed by atoms with van der Waals surface area (Å²) in [6, 6.07) is 16.3. The molecule has 0 amide bonds. The third-order valence-corrected chi connectivity index (χ3v) is 4.28. The Bertz CT molecular complexity index is 713. The van der Waals surface area contributed by atoms with Crippen molar-refractivity contribution in [3.8, 4) is 0 Å². The van der Waals surface area contributed by atoms with Gasteiger partial charge < -0.3 is 15.1 Å². The maximum atomic E-state index is 5.99. The number of halogens is 1. The standard InChI is InChI=1S/C19H22ClN3O/c1-23(2)17-8-6-15(7-9-17)19-11-18(24-22-19)13-21-12-14-4-3-5-16(20)10-14/h3-10,18,21H,11-13H2,1-2H3/t18-/m0/s1. The predicted molar refractivity (Wildman–Crippen MR) is 100.0 cm³/mol. The number of nitrogens with one attached hydrogen (secondary N) is 1. The third-order valence-electron chi connectivity index (χ3n) is 4.04. The van der Waals surface area contributed by atoms with E-state index in [1.165, 1.54) is 11.3 Å². The van der Waals surface area contributed by atoms with Crippen molar-refractivity contribution in [2.75, 3.05) is 25.5 Å². The first-order valence-corrected chi connectivity index (χ1v) is 8.45. The number of hydrogen-bond acceptors (Lipinski definition) is 4. The van der Waals surface area contributed by atoms with Gasteiger partial charge in [-0.05, 0) is 35.4 Å². The molecule has 4 nitrogen and oxygen atoms in total. The van der Waals surface area contributed by atoms with Crippen LogP contribution in [0.2, 0.25) is 5.02 Å². The molecule has 0 bridgehead atoms. The van der Waals surface area contributed by atoms with Crippen LogP contribution in [0.1, 0.15) is 17.5 Å². The van der Waals surface area contributed by atoms with Gasteiger partial charge in [0.2, 0.25) is 0 Å². The first-order valence-electron chi connectivity index (χ1n) is 8.07.